The Balaban J connectivity index is 1.49. The van der Waals surface area contributed by atoms with Crippen LogP contribution in [0.2, 0.25) is 6.04 Å². The number of benzene rings is 4. The van der Waals surface area contributed by atoms with Gasteiger partial charge in [0.2, 0.25) is 0 Å². The van der Waals surface area contributed by atoms with Crippen LogP contribution in [0.25, 0.3) is 21.5 Å². The molecule has 0 fully saturated rings. The maximum absolute atomic E-state index is 6.51. The molecule has 0 amide bonds. The Morgan fingerprint density at radius 2 is 0.931 bits per heavy atom. The van der Waals surface area contributed by atoms with Crippen LogP contribution in [-0.4, -0.2) is 14.1 Å². The van der Waals surface area contributed by atoms with Crippen molar-refractivity contribution >= 4 is 42.5 Å². The van der Waals surface area contributed by atoms with E-state index in [1.807, 2.05) is 48.5 Å². The Kier molecular flexibility index (Phi) is 3.44. The van der Waals surface area contributed by atoms with Gasteiger partial charge in [0.1, 0.15) is 0 Å². The molecule has 1 spiro atoms. The van der Waals surface area contributed by atoms with E-state index < -0.39 is 8.33 Å². The number of hydrogen-bond donors (Lipinski definition) is 1. The van der Waals surface area contributed by atoms with E-state index in [0.29, 0.717) is 34.8 Å². The van der Waals surface area contributed by atoms with Crippen LogP contribution in [0, 0.1) is 0 Å². The van der Waals surface area contributed by atoms with E-state index >= 15 is 0 Å². The fraction of sp³-hybridized carbons (Fsp3) is 0.130. The summed E-state index contributed by atoms with van der Waals surface area (Å²) in [5.41, 5.74) is 0. The Hall–Kier alpha value is -2.83. The number of fused-ring (bicyclic) bond motifs is 4. The molecule has 4 nitrogen and oxygen atoms in total. The van der Waals surface area contributed by atoms with Gasteiger partial charge in [-0.1, -0.05) is 0 Å². The fourth-order valence-corrected chi connectivity index (χ4v) is 8.47. The van der Waals surface area contributed by atoms with Crippen LogP contribution in [0.1, 0.15) is 6.42 Å². The second-order valence-electron chi connectivity index (χ2n) is 7.60. The molecule has 6 rings (SSSR count). The summed E-state index contributed by atoms with van der Waals surface area (Å²) in [5.74, 6) is 3.39. The molecule has 0 N–H and O–H groups in total. The van der Waals surface area contributed by atoms with Gasteiger partial charge in [0, 0.05) is 0 Å². The predicted molar refractivity (Wildman–Crippen MR) is 119 cm³/mol. The number of rotatable bonds is 3. The molecule has 0 saturated carbocycles. The standard InChI is InChI=1S/C23H19O4SSi/c28-10-5-11-29(24-20-12-16-6-1-2-7-17(16)13-21(20)25-29)26-22-14-18-8-3-4-9-19(18)15-23(22)27-29/h1-4,6-9,12-15,28H,5,10-11H2/q-1. The topological polar surface area (TPSA) is 36.9 Å². The first-order chi connectivity index (χ1) is 14.2. The first-order valence-electron chi connectivity index (χ1n) is 9.77. The molecule has 4 aromatic rings. The summed E-state index contributed by atoms with van der Waals surface area (Å²) in [4.78, 5) is 0. The number of thiol groups is 1. The fourth-order valence-electron chi connectivity index (χ4n) is 4.26. The van der Waals surface area contributed by atoms with Crippen LogP contribution in [0.15, 0.2) is 72.8 Å². The summed E-state index contributed by atoms with van der Waals surface area (Å²) in [6.45, 7) is 0. The van der Waals surface area contributed by atoms with Crippen LogP contribution >= 0.6 is 12.6 Å². The third-order valence-electron chi connectivity index (χ3n) is 5.60. The van der Waals surface area contributed by atoms with Crippen molar-refractivity contribution in [3.8, 4) is 23.0 Å². The third-order valence-corrected chi connectivity index (χ3v) is 9.54. The summed E-state index contributed by atoms with van der Waals surface area (Å²) in [6.07, 6.45) is 0.762. The van der Waals surface area contributed by atoms with E-state index in [2.05, 4.69) is 36.9 Å². The Morgan fingerprint density at radius 1 is 0.586 bits per heavy atom. The van der Waals surface area contributed by atoms with Crippen LogP contribution in [-0.2, 0) is 0 Å². The van der Waals surface area contributed by atoms with Crippen molar-refractivity contribution in [2.45, 2.75) is 12.5 Å². The Bertz CT molecular complexity index is 1100. The molecule has 6 heteroatoms. The molecule has 0 radical (unpaired) electrons. The van der Waals surface area contributed by atoms with Crippen molar-refractivity contribution in [3.05, 3.63) is 72.8 Å². The van der Waals surface area contributed by atoms with Gasteiger partial charge in [-0.25, -0.2) is 0 Å². The van der Waals surface area contributed by atoms with Gasteiger partial charge >= 0.3 is 174 Å². The molecular formula is C23H19O4SSi-. The molecule has 0 unspecified atom stereocenters. The quantitative estimate of drug-likeness (QED) is 0.329. The van der Waals surface area contributed by atoms with Crippen molar-refractivity contribution in [1.82, 2.24) is 0 Å². The van der Waals surface area contributed by atoms with Gasteiger partial charge in [-0.2, -0.15) is 0 Å². The maximum atomic E-state index is 6.51. The minimum absolute atomic E-state index is 0.527. The number of hydrogen-bond acceptors (Lipinski definition) is 5. The van der Waals surface area contributed by atoms with E-state index in [1.165, 1.54) is 0 Å². The van der Waals surface area contributed by atoms with Crippen LogP contribution in [0.4, 0.5) is 0 Å². The van der Waals surface area contributed by atoms with E-state index in [4.69, 9.17) is 17.7 Å². The van der Waals surface area contributed by atoms with Gasteiger partial charge in [-0.15, -0.1) is 0 Å². The van der Waals surface area contributed by atoms with Crippen molar-refractivity contribution in [3.63, 3.8) is 0 Å². The van der Waals surface area contributed by atoms with Crippen LogP contribution in [0.3, 0.4) is 0 Å². The van der Waals surface area contributed by atoms with Gasteiger partial charge in [-0.3, -0.25) is 0 Å². The Morgan fingerprint density at radius 3 is 1.24 bits per heavy atom. The molecule has 2 aliphatic heterocycles. The molecule has 0 atom stereocenters. The van der Waals surface area contributed by atoms with Crippen LogP contribution < -0.4 is 17.7 Å². The zero-order chi connectivity index (χ0) is 19.5. The minimum atomic E-state index is -4.21. The zero-order valence-corrected chi connectivity index (χ0v) is 17.5. The summed E-state index contributed by atoms with van der Waals surface area (Å²) in [7, 11) is -4.21. The Labute approximate surface area is 174 Å². The summed E-state index contributed by atoms with van der Waals surface area (Å²) in [5, 5.41) is 4.37. The second-order valence-corrected chi connectivity index (χ2v) is 11.5. The summed E-state index contributed by atoms with van der Waals surface area (Å²) in [6, 6.07) is 24.8. The summed E-state index contributed by atoms with van der Waals surface area (Å²) < 4.78 is 26.1. The second kappa shape index (κ2) is 5.84. The molecule has 29 heavy (non-hydrogen) atoms. The first kappa shape index (κ1) is 17.1. The molecule has 0 bridgehead atoms. The molecule has 2 aliphatic rings. The van der Waals surface area contributed by atoms with Gasteiger partial charge < -0.3 is 0 Å². The molecule has 2 heterocycles. The average Bonchev–Trinajstić information content (AvgIpc) is 3.21. The molecule has 0 saturated heterocycles. The third kappa shape index (κ3) is 2.52. The van der Waals surface area contributed by atoms with Gasteiger partial charge in [0.15, 0.2) is 0 Å². The first-order valence-corrected chi connectivity index (χ1v) is 12.7. The zero-order valence-electron chi connectivity index (χ0n) is 15.6. The monoisotopic (exact) mass is 419 g/mol. The molecule has 4 aromatic carbocycles. The van der Waals surface area contributed by atoms with E-state index in [1.54, 1.807) is 0 Å². The normalized spacial score (nSPS) is 18.7. The molecular weight excluding hydrogens is 400 g/mol. The van der Waals surface area contributed by atoms with Crippen molar-refractivity contribution in [1.29, 1.82) is 0 Å². The van der Waals surface area contributed by atoms with Crippen molar-refractivity contribution in [2.75, 3.05) is 5.75 Å². The van der Waals surface area contributed by atoms with E-state index in [9.17, 15) is 0 Å². The summed E-state index contributed by atoms with van der Waals surface area (Å²) >= 11 is 4.40. The van der Waals surface area contributed by atoms with Crippen LogP contribution in [0.5, 0.6) is 23.0 Å². The molecule has 0 aromatic heterocycles. The van der Waals surface area contributed by atoms with Crippen molar-refractivity contribution in [2.24, 2.45) is 0 Å². The average molecular weight is 420 g/mol. The van der Waals surface area contributed by atoms with Gasteiger partial charge in [-0.05, 0) is 0 Å². The molecule has 146 valence electrons. The van der Waals surface area contributed by atoms with Crippen molar-refractivity contribution < 1.29 is 17.7 Å². The van der Waals surface area contributed by atoms with Gasteiger partial charge in [0.05, 0.1) is 0 Å². The van der Waals surface area contributed by atoms with E-state index in [-0.39, 0.29) is 0 Å². The van der Waals surface area contributed by atoms with E-state index in [0.717, 1.165) is 28.0 Å². The predicted octanol–water partition coefficient (Wildman–Crippen LogP) is 5.95. The van der Waals surface area contributed by atoms with Gasteiger partial charge in [0.25, 0.3) is 0 Å². The molecule has 0 aliphatic carbocycles. The SMILES string of the molecule is SCCC[Si-]12(Oc3cc4ccccc4cc3O1)Oc1cc3ccccc3cc1O2.